The van der Waals surface area contributed by atoms with E-state index in [4.69, 9.17) is 20.8 Å². The fourth-order valence-corrected chi connectivity index (χ4v) is 3.71. The number of hydrogen-bond donors (Lipinski definition) is 0. The summed E-state index contributed by atoms with van der Waals surface area (Å²) < 4.78 is 11.1. The fraction of sp³-hybridized carbons (Fsp3) is 0.158. The molecule has 1 aliphatic heterocycles. The number of halogens is 1. The first kappa shape index (κ1) is 16.9. The second kappa shape index (κ2) is 7.35. The number of rotatable bonds is 5. The third kappa shape index (κ3) is 3.38. The van der Waals surface area contributed by atoms with Crippen LogP contribution >= 0.6 is 22.9 Å². The van der Waals surface area contributed by atoms with Crippen LogP contribution in [0.3, 0.4) is 0 Å². The van der Waals surface area contributed by atoms with E-state index in [-0.39, 0.29) is 18.6 Å². The molecule has 1 atom stereocenters. The smallest absolute Gasteiger partial charge is 0.281 e. The second-order valence-electron chi connectivity index (χ2n) is 5.72. The Hall–Kier alpha value is -2.57. The van der Waals surface area contributed by atoms with Crippen molar-refractivity contribution in [3.63, 3.8) is 0 Å². The third-order valence-electron chi connectivity index (χ3n) is 4.03. The van der Waals surface area contributed by atoms with E-state index in [1.807, 2.05) is 29.6 Å². The Bertz CT molecular complexity index is 922. The summed E-state index contributed by atoms with van der Waals surface area (Å²) in [6, 6.07) is 14.4. The summed E-state index contributed by atoms with van der Waals surface area (Å²) in [5, 5.41) is 8.45. The lowest BCUT2D eigenvalue weighted by Gasteiger charge is -2.20. The van der Waals surface area contributed by atoms with Gasteiger partial charge in [0.15, 0.2) is 6.61 Å². The summed E-state index contributed by atoms with van der Waals surface area (Å²) in [6.07, 6.45) is 2.20. The Balaban J connectivity index is 1.54. The van der Waals surface area contributed by atoms with E-state index >= 15 is 0 Å². The monoisotopic (exact) mass is 386 g/mol. The summed E-state index contributed by atoms with van der Waals surface area (Å²) in [6.45, 7) is -0.151. The van der Waals surface area contributed by atoms with Crippen LogP contribution in [0.4, 0.5) is 0 Å². The van der Waals surface area contributed by atoms with Crippen LogP contribution in [0.5, 0.6) is 5.75 Å². The van der Waals surface area contributed by atoms with Crippen molar-refractivity contribution >= 4 is 34.6 Å². The number of carbonyl (C=O) groups excluding carboxylic acids is 1. The Morgan fingerprint density at radius 3 is 2.88 bits per heavy atom. The molecule has 7 heteroatoms. The number of hydrogen-bond acceptors (Lipinski definition) is 5. The lowest BCUT2D eigenvalue weighted by Crippen LogP contribution is -2.31. The van der Waals surface area contributed by atoms with Crippen molar-refractivity contribution in [1.29, 1.82) is 0 Å². The average Bonchev–Trinajstić information content (AvgIpc) is 3.41. The van der Waals surface area contributed by atoms with Gasteiger partial charge in [-0.3, -0.25) is 4.79 Å². The molecule has 1 aliphatic rings. The van der Waals surface area contributed by atoms with E-state index in [0.29, 0.717) is 23.0 Å². The molecule has 1 amide bonds. The molecule has 0 saturated carbocycles. The third-order valence-corrected chi connectivity index (χ3v) is 5.26. The highest BCUT2D eigenvalue weighted by atomic mass is 35.5. The summed E-state index contributed by atoms with van der Waals surface area (Å²) in [5.74, 6) is 0.919. The highest BCUT2D eigenvalue weighted by molar-refractivity contribution is 7.12. The molecule has 0 radical (unpaired) electrons. The van der Waals surface area contributed by atoms with Crippen LogP contribution in [-0.4, -0.2) is 23.2 Å². The van der Waals surface area contributed by atoms with Gasteiger partial charge in [0.25, 0.3) is 5.91 Å². The minimum atomic E-state index is -0.274. The van der Waals surface area contributed by atoms with E-state index in [0.717, 1.165) is 10.6 Å². The lowest BCUT2D eigenvalue weighted by atomic mass is 10.1. The number of hydrazone groups is 1. The summed E-state index contributed by atoms with van der Waals surface area (Å²) in [7, 11) is 0. The zero-order valence-corrected chi connectivity index (χ0v) is 15.2. The highest BCUT2D eigenvalue weighted by Gasteiger charge is 2.35. The molecule has 0 aliphatic carbocycles. The SMILES string of the molecule is O=C(COc1ccccc1Cl)N1N=C(c2cccs2)C[C@H]1c1ccco1. The largest absolute Gasteiger partial charge is 0.482 e. The van der Waals surface area contributed by atoms with Gasteiger partial charge in [-0.1, -0.05) is 29.8 Å². The van der Waals surface area contributed by atoms with Crippen LogP contribution in [0.25, 0.3) is 0 Å². The fourth-order valence-electron chi connectivity index (χ4n) is 2.80. The highest BCUT2D eigenvalue weighted by Crippen LogP contribution is 2.34. The van der Waals surface area contributed by atoms with Gasteiger partial charge in [0.2, 0.25) is 0 Å². The Kier molecular flexibility index (Phi) is 4.77. The second-order valence-corrected chi connectivity index (χ2v) is 7.07. The molecule has 0 bridgehead atoms. The number of para-hydroxylation sites is 1. The number of thiophene rings is 1. The van der Waals surface area contributed by atoms with Crippen LogP contribution in [0, 0.1) is 0 Å². The van der Waals surface area contributed by atoms with Gasteiger partial charge >= 0.3 is 0 Å². The molecule has 26 heavy (non-hydrogen) atoms. The number of ether oxygens (including phenoxy) is 1. The van der Waals surface area contributed by atoms with Gasteiger partial charge in [-0.15, -0.1) is 11.3 Å². The van der Waals surface area contributed by atoms with E-state index in [1.54, 1.807) is 41.9 Å². The van der Waals surface area contributed by atoms with Crippen molar-refractivity contribution in [2.75, 3.05) is 6.61 Å². The van der Waals surface area contributed by atoms with Crippen LogP contribution in [-0.2, 0) is 4.79 Å². The maximum absolute atomic E-state index is 12.8. The normalized spacial score (nSPS) is 16.6. The molecule has 0 saturated heterocycles. The number of benzene rings is 1. The quantitative estimate of drug-likeness (QED) is 0.635. The molecule has 0 spiro atoms. The van der Waals surface area contributed by atoms with Crippen LogP contribution < -0.4 is 4.74 Å². The van der Waals surface area contributed by atoms with Crippen LogP contribution in [0.15, 0.2) is 69.7 Å². The molecule has 0 unspecified atom stereocenters. The van der Waals surface area contributed by atoms with Crippen molar-refractivity contribution in [1.82, 2.24) is 5.01 Å². The van der Waals surface area contributed by atoms with E-state index < -0.39 is 0 Å². The number of amides is 1. The molecule has 4 rings (SSSR count). The van der Waals surface area contributed by atoms with Crippen molar-refractivity contribution in [3.05, 3.63) is 75.8 Å². The van der Waals surface area contributed by atoms with Gasteiger partial charge in [0.1, 0.15) is 17.6 Å². The minimum Gasteiger partial charge on any atom is -0.482 e. The Labute approximate surface area is 159 Å². The molecular weight excluding hydrogens is 372 g/mol. The topological polar surface area (TPSA) is 55.0 Å². The number of nitrogens with zero attached hydrogens (tertiary/aromatic N) is 2. The van der Waals surface area contributed by atoms with Crippen molar-refractivity contribution in [3.8, 4) is 5.75 Å². The zero-order valence-electron chi connectivity index (χ0n) is 13.7. The van der Waals surface area contributed by atoms with Gasteiger partial charge in [-0.25, -0.2) is 5.01 Å². The lowest BCUT2D eigenvalue weighted by molar-refractivity contribution is -0.135. The molecule has 1 aromatic carbocycles. The van der Waals surface area contributed by atoms with Crippen LogP contribution in [0.2, 0.25) is 5.02 Å². The van der Waals surface area contributed by atoms with Gasteiger partial charge in [-0.2, -0.15) is 5.10 Å². The van der Waals surface area contributed by atoms with Gasteiger partial charge in [-0.05, 0) is 35.7 Å². The van der Waals surface area contributed by atoms with Gasteiger partial charge in [0.05, 0.1) is 21.9 Å². The van der Waals surface area contributed by atoms with E-state index in [1.165, 1.54) is 5.01 Å². The molecule has 0 N–H and O–H groups in total. The Morgan fingerprint density at radius 2 is 2.15 bits per heavy atom. The molecule has 3 heterocycles. The summed E-state index contributed by atoms with van der Waals surface area (Å²) in [4.78, 5) is 13.8. The van der Waals surface area contributed by atoms with Gasteiger partial charge in [0, 0.05) is 6.42 Å². The Morgan fingerprint density at radius 1 is 1.27 bits per heavy atom. The summed E-state index contributed by atoms with van der Waals surface area (Å²) in [5.41, 5.74) is 0.868. The molecule has 5 nitrogen and oxygen atoms in total. The predicted octanol–water partition coefficient (Wildman–Crippen LogP) is 4.75. The van der Waals surface area contributed by atoms with E-state index in [2.05, 4.69) is 5.10 Å². The van der Waals surface area contributed by atoms with Crippen molar-refractivity contribution < 1.29 is 13.9 Å². The molecule has 2 aromatic heterocycles. The number of carbonyl (C=O) groups is 1. The first-order valence-corrected chi connectivity index (χ1v) is 9.32. The standard InChI is InChI=1S/C19H15ClN2O3S/c20-13-5-1-2-6-16(13)25-12-19(23)22-15(17-7-3-9-24-17)11-14(21-22)18-8-4-10-26-18/h1-10,15H,11-12H2/t15-/m0/s1. The molecule has 132 valence electrons. The summed E-state index contributed by atoms with van der Waals surface area (Å²) >= 11 is 7.67. The maximum atomic E-state index is 12.8. The maximum Gasteiger partial charge on any atom is 0.281 e. The van der Waals surface area contributed by atoms with E-state index in [9.17, 15) is 4.79 Å². The van der Waals surface area contributed by atoms with Gasteiger partial charge < -0.3 is 9.15 Å². The van der Waals surface area contributed by atoms with Crippen LogP contribution in [0.1, 0.15) is 23.1 Å². The molecular formula is C19H15ClN2O3S. The minimum absolute atomic E-state index is 0.151. The first-order valence-electron chi connectivity index (χ1n) is 8.06. The zero-order chi connectivity index (χ0) is 17.9. The molecule has 3 aromatic rings. The average molecular weight is 387 g/mol. The van der Waals surface area contributed by atoms with Crippen molar-refractivity contribution in [2.45, 2.75) is 12.5 Å². The van der Waals surface area contributed by atoms with Crippen molar-refractivity contribution in [2.24, 2.45) is 5.10 Å². The predicted molar refractivity (Wildman–Crippen MR) is 101 cm³/mol. The number of furan rings is 1. The first-order chi connectivity index (χ1) is 12.7. The molecule has 0 fully saturated rings.